The quantitative estimate of drug-likeness (QED) is 0.510. The third-order valence-electron chi connectivity index (χ3n) is 1.97. The monoisotopic (exact) mass is 200 g/mol. The van der Waals surface area contributed by atoms with Crippen LogP contribution in [0.15, 0.2) is 12.2 Å². The Labute approximate surface area is 88.3 Å². The maximum Gasteiger partial charge on any atom is 0.147 e. The van der Waals surface area contributed by atoms with E-state index in [9.17, 15) is 0 Å². The van der Waals surface area contributed by atoms with Crippen molar-refractivity contribution >= 4 is 0 Å². The van der Waals surface area contributed by atoms with Crippen molar-refractivity contribution in [1.29, 1.82) is 0 Å². The van der Waals surface area contributed by atoms with Crippen molar-refractivity contribution in [2.45, 2.75) is 46.0 Å². The molecule has 0 N–H and O–H groups in total. The largest absolute Gasteiger partial charge is 0.351 e. The van der Waals surface area contributed by atoms with Crippen LogP contribution < -0.4 is 0 Å². The van der Waals surface area contributed by atoms with E-state index < -0.39 is 0 Å². The fourth-order valence-electron chi connectivity index (χ4n) is 1.10. The van der Waals surface area contributed by atoms with Gasteiger partial charge < -0.3 is 9.47 Å². The Kier molecular flexibility index (Phi) is 12.4. The molecule has 0 atom stereocenters. The molecular weight excluding hydrogens is 176 g/mol. The summed E-state index contributed by atoms with van der Waals surface area (Å²) in [7, 11) is 0. The number of rotatable bonds is 4. The van der Waals surface area contributed by atoms with Crippen LogP contribution in [0.5, 0.6) is 0 Å². The summed E-state index contributed by atoms with van der Waals surface area (Å²) >= 11 is 0. The lowest BCUT2D eigenvalue weighted by molar-refractivity contribution is -0.0265. The lowest BCUT2D eigenvalue weighted by Crippen LogP contribution is -1.94. The highest BCUT2D eigenvalue weighted by Gasteiger charge is 1.86. The summed E-state index contributed by atoms with van der Waals surface area (Å²) in [6, 6.07) is 0. The molecule has 0 aliphatic carbocycles. The molecule has 84 valence electrons. The molecule has 0 amide bonds. The van der Waals surface area contributed by atoms with Crippen LogP contribution in [0, 0.1) is 0 Å². The van der Waals surface area contributed by atoms with Crippen molar-refractivity contribution in [3.63, 3.8) is 0 Å². The molecule has 0 radical (unpaired) electrons. The molecule has 1 heterocycles. The van der Waals surface area contributed by atoms with Crippen LogP contribution >= 0.6 is 0 Å². The summed E-state index contributed by atoms with van der Waals surface area (Å²) in [5.41, 5.74) is 0. The van der Waals surface area contributed by atoms with E-state index in [4.69, 9.17) is 9.47 Å². The van der Waals surface area contributed by atoms with Crippen LogP contribution in [0.3, 0.4) is 0 Å². The van der Waals surface area contributed by atoms with E-state index in [1.54, 1.807) is 0 Å². The molecule has 1 rings (SSSR count). The van der Waals surface area contributed by atoms with Gasteiger partial charge in [0.2, 0.25) is 0 Å². The second kappa shape index (κ2) is 12.7. The van der Waals surface area contributed by atoms with E-state index in [0.29, 0.717) is 20.0 Å². The molecule has 0 fully saturated rings. The van der Waals surface area contributed by atoms with Gasteiger partial charge in [0.1, 0.15) is 6.79 Å². The van der Waals surface area contributed by atoms with E-state index in [1.165, 1.54) is 32.1 Å². The highest BCUT2D eigenvalue weighted by Crippen LogP contribution is 2.00. The fraction of sp³-hybridized carbons (Fsp3) is 0.833. The zero-order valence-corrected chi connectivity index (χ0v) is 9.63. The number of hydrogen-bond donors (Lipinski definition) is 0. The Balaban J connectivity index is 0.000000241. The van der Waals surface area contributed by atoms with E-state index in [2.05, 4.69) is 13.8 Å². The number of ether oxygens (including phenoxy) is 2. The van der Waals surface area contributed by atoms with Gasteiger partial charge in [0.15, 0.2) is 0 Å². The lowest BCUT2D eigenvalue weighted by Gasteiger charge is -1.93. The zero-order chi connectivity index (χ0) is 10.5. The van der Waals surface area contributed by atoms with Gasteiger partial charge in [-0.15, -0.1) is 0 Å². The van der Waals surface area contributed by atoms with E-state index in [1.807, 2.05) is 12.2 Å². The van der Waals surface area contributed by atoms with Gasteiger partial charge in [-0.1, -0.05) is 58.1 Å². The summed E-state index contributed by atoms with van der Waals surface area (Å²) in [6.07, 6.45) is 10.9. The second-order valence-electron chi connectivity index (χ2n) is 3.39. The Hall–Kier alpha value is -0.340. The predicted octanol–water partition coefficient (Wildman–Crippen LogP) is 3.52. The van der Waals surface area contributed by atoms with Gasteiger partial charge in [-0.25, -0.2) is 0 Å². The van der Waals surface area contributed by atoms with Gasteiger partial charge in [0, 0.05) is 0 Å². The van der Waals surface area contributed by atoms with Crippen LogP contribution in [0.4, 0.5) is 0 Å². The summed E-state index contributed by atoms with van der Waals surface area (Å²) < 4.78 is 9.77. The Morgan fingerprint density at radius 2 is 1.36 bits per heavy atom. The van der Waals surface area contributed by atoms with Crippen molar-refractivity contribution in [2.24, 2.45) is 0 Å². The van der Waals surface area contributed by atoms with Gasteiger partial charge >= 0.3 is 0 Å². The fourth-order valence-corrected chi connectivity index (χ4v) is 1.10. The van der Waals surface area contributed by atoms with Crippen molar-refractivity contribution in [3.05, 3.63) is 12.2 Å². The minimum absolute atomic E-state index is 0.438. The zero-order valence-electron chi connectivity index (χ0n) is 9.63. The molecule has 0 spiro atoms. The molecule has 0 saturated heterocycles. The molecule has 2 heteroatoms. The van der Waals surface area contributed by atoms with Gasteiger partial charge in [-0.05, 0) is 0 Å². The first-order chi connectivity index (χ1) is 6.91. The van der Waals surface area contributed by atoms with Crippen molar-refractivity contribution < 1.29 is 9.47 Å². The van der Waals surface area contributed by atoms with E-state index in [0.717, 1.165) is 0 Å². The standard InChI is InChI=1S/C7H16.C5H8O2/c1-3-5-7-6-4-2;1-2-4-7-5-6-3-1/h3-7H2,1-2H3;1-2H,3-5H2. The molecular formula is C12H24O2. The first-order valence-corrected chi connectivity index (χ1v) is 5.72. The maximum atomic E-state index is 4.89. The summed E-state index contributed by atoms with van der Waals surface area (Å²) in [4.78, 5) is 0. The minimum Gasteiger partial charge on any atom is -0.351 e. The maximum absolute atomic E-state index is 4.89. The Bertz CT molecular complexity index is 109. The molecule has 1 aliphatic heterocycles. The topological polar surface area (TPSA) is 18.5 Å². The van der Waals surface area contributed by atoms with Gasteiger partial charge in [-0.2, -0.15) is 0 Å². The summed E-state index contributed by atoms with van der Waals surface area (Å²) in [5, 5.41) is 0. The predicted molar refractivity (Wildman–Crippen MR) is 60.3 cm³/mol. The molecule has 0 bridgehead atoms. The highest BCUT2D eigenvalue weighted by molar-refractivity contribution is 4.81. The minimum atomic E-state index is 0.438. The first-order valence-electron chi connectivity index (χ1n) is 5.72. The summed E-state index contributed by atoms with van der Waals surface area (Å²) in [5.74, 6) is 0. The Morgan fingerprint density at radius 1 is 0.857 bits per heavy atom. The van der Waals surface area contributed by atoms with Crippen LogP contribution in [0.2, 0.25) is 0 Å². The van der Waals surface area contributed by atoms with Crippen LogP contribution in [0.25, 0.3) is 0 Å². The third-order valence-corrected chi connectivity index (χ3v) is 1.97. The van der Waals surface area contributed by atoms with Crippen molar-refractivity contribution in [1.82, 2.24) is 0 Å². The smallest absolute Gasteiger partial charge is 0.147 e. The highest BCUT2D eigenvalue weighted by atomic mass is 16.7. The third kappa shape index (κ3) is 11.7. The molecule has 1 aliphatic rings. The van der Waals surface area contributed by atoms with Gasteiger partial charge in [0.05, 0.1) is 13.2 Å². The molecule has 0 unspecified atom stereocenters. The molecule has 2 nitrogen and oxygen atoms in total. The number of unbranched alkanes of at least 4 members (excludes halogenated alkanes) is 4. The Morgan fingerprint density at radius 3 is 1.79 bits per heavy atom. The molecule has 0 aromatic carbocycles. The van der Waals surface area contributed by atoms with Crippen LogP contribution in [-0.2, 0) is 9.47 Å². The summed E-state index contributed by atoms with van der Waals surface area (Å²) in [6.45, 7) is 6.32. The molecule has 14 heavy (non-hydrogen) atoms. The number of hydrogen-bond acceptors (Lipinski definition) is 2. The van der Waals surface area contributed by atoms with Crippen LogP contribution in [0.1, 0.15) is 46.0 Å². The van der Waals surface area contributed by atoms with Crippen molar-refractivity contribution in [2.75, 3.05) is 20.0 Å². The van der Waals surface area contributed by atoms with Gasteiger partial charge in [0.25, 0.3) is 0 Å². The first kappa shape index (κ1) is 13.7. The van der Waals surface area contributed by atoms with E-state index in [-0.39, 0.29) is 0 Å². The molecule has 0 aromatic heterocycles. The average molecular weight is 200 g/mol. The van der Waals surface area contributed by atoms with Crippen LogP contribution in [-0.4, -0.2) is 20.0 Å². The molecule has 0 saturated carbocycles. The van der Waals surface area contributed by atoms with E-state index >= 15 is 0 Å². The lowest BCUT2D eigenvalue weighted by atomic mass is 10.2. The molecule has 0 aromatic rings. The average Bonchev–Trinajstić information content (AvgIpc) is 2.51. The van der Waals surface area contributed by atoms with Gasteiger partial charge in [-0.3, -0.25) is 0 Å². The second-order valence-corrected chi connectivity index (χ2v) is 3.39. The SMILES string of the molecule is C1=CCOCOC1.CCCCCCC. The van der Waals surface area contributed by atoms with Crippen molar-refractivity contribution in [3.8, 4) is 0 Å². The normalized spacial score (nSPS) is 15.6.